The molecule has 2 rings (SSSR count). The van der Waals surface area contributed by atoms with Gasteiger partial charge in [-0.05, 0) is 18.6 Å². The largest absolute Gasteiger partial charge is 0.618 e. The number of aromatic nitrogens is 2. The molecule has 90 valence electrons. The first kappa shape index (κ1) is 11.8. The van der Waals surface area contributed by atoms with Crippen LogP contribution in [0.25, 0.3) is 10.9 Å². The van der Waals surface area contributed by atoms with Crippen LogP contribution in [0.3, 0.4) is 0 Å². The Balaban J connectivity index is 2.14. The van der Waals surface area contributed by atoms with Crippen LogP contribution in [0.2, 0.25) is 0 Å². The number of aryl methyl sites for hydroxylation is 1. The minimum atomic E-state index is 0.826. The monoisotopic (exact) mass is 230 g/mol. The molecule has 0 radical (unpaired) electrons. The Morgan fingerprint density at radius 3 is 3.00 bits per heavy atom. The molecular weight excluding hydrogens is 212 g/mol. The number of unbranched alkanes of at least 4 members (excludes halogenated alkanes) is 3. The van der Waals surface area contributed by atoms with E-state index in [2.05, 4.69) is 11.9 Å². The summed E-state index contributed by atoms with van der Waals surface area (Å²) < 4.78 is 0.982. The summed E-state index contributed by atoms with van der Waals surface area (Å²) in [6, 6.07) is 5.68. The molecular formula is C14H18N2O. The number of pyridine rings is 2. The van der Waals surface area contributed by atoms with Crippen molar-refractivity contribution >= 4 is 10.9 Å². The summed E-state index contributed by atoms with van der Waals surface area (Å²) in [5.41, 5.74) is 1.73. The lowest BCUT2D eigenvalue weighted by Gasteiger charge is -2.05. The lowest BCUT2D eigenvalue weighted by atomic mass is 10.1. The highest BCUT2D eigenvalue weighted by Gasteiger charge is 2.07. The van der Waals surface area contributed by atoms with E-state index >= 15 is 0 Å². The highest BCUT2D eigenvalue weighted by Crippen LogP contribution is 2.11. The van der Waals surface area contributed by atoms with Gasteiger partial charge in [-0.2, -0.15) is 4.73 Å². The summed E-state index contributed by atoms with van der Waals surface area (Å²) in [6.07, 6.45) is 8.96. The zero-order chi connectivity index (χ0) is 12.1. The molecule has 3 nitrogen and oxygen atoms in total. The van der Waals surface area contributed by atoms with Crippen molar-refractivity contribution in [2.75, 3.05) is 0 Å². The standard InChI is InChI=1S/C14H18N2O/c1-2-3-4-5-8-13-10-14-12(11-16(13)17)7-6-9-15-14/h6-7,9-11H,2-5,8H2,1H3. The molecule has 0 aliphatic rings. The third-order valence-corrected chi connectivity index (χ3v) is 3.00. The van der Waals surface area contributed by atoms with Crippen LogP contribution in [0.15, 0.2) is 30.6 Å². The fourth-order valence-electron chi connectivity index (χ4n) is 2.01. The minimum absolute atomic E-state index is 0.826. The predicted molar refractivity (Wildman–Crippen MR) is 68.5 cm³/mol. The summed E-state index contributed by atoms with van der Waals surface area (Å²) >= 11 is 0. The van der Waals surface area contributed by atoms with E-state index in [1.807, 2.05) is 18.2 Å². The SMILES string of the molecule is CCCCCCc1cc2ncccc2c[n+]1[O-]. The molecule has 0 fully saturated rings. The van der Waals surface area contributed by atoms with Crippen LogP contribution in [0, 0.1) is 5.21 Å². The van der Waals surface area contributed by atoms with E-state index in [-0.39, 0.29) is 0 Å². The summed E-state index contributed by atoms with van der Waals surface area (Å²) in [4.78, 5) is 4.28. The van der Waals surface area contributed by atoms with Gasteiger partial charge in [-0.3, -0.25) is 4.98 Å². The first-order valence-electron chi connectivity index (χ1n) is 6.28. The van der Waals surface area contributed by atoms with E-state index in [0.29, 0.717) is 0 Å². The van der Waals surface area contributed by atoms with Crippen LogP contribution < -0.4 is 4.73 Å². The fourth-order valence-corrected chi connectivity index (χ4v) is 2.01. The predicted octanol–water partition coefficient (Wildman–Crippen LogP) is 2.99. The Bertz CT molecular complexity index is 497. The molecule has 0 N–H and O–H groups in total. The van der Waals surface area contributed by atoms with Crippen LogP contribution >= 0.6 is 0 Å². The summed E-state index contributed by atoms with van der Waals surface area (Å²) in [5.74, 6) is 0. The van der Waals surface area contributed by atoms with Crippen molar-refractivity contribution < 1.29 is 4.73 Å². The Morgan fingerprint density at radius 1 is 1.29 bits per heavy atom. The molecule has 0 aliphatic heterocycles. The lowest BCUT2D eigenvalue weighted by Crippen LogP contribution is -2.31. The van der Waals surface area contributed by atoms with Gasteiger partial charge in [0, 0.05) is 18.7 Å². The van der Waals surface area contributed by atoms with Gasteiger partial charge in [0.1, 0.15) is 0 Å². The molecule has 0 atom stereocenters. The van der Waals surface area contributed by atoms with E-state index in [4.69, 9.17) is 0 Å². The molecule has 0 unspecified atom stereocenters. The van der Waals surface area contributed by atoms with Crippen LogP contribution in [0.1, 0.15) is 38.3 Å². The van der Waals surface area contributed by atoms with Crippen molar-refractivity contribution in [1.29, 1.82) is 0 Å². The number of rotatable bonds is 5. The van der Waals surface area contributed by atoms with Crippen molar-refractivity contribution in [2.24, 2.45) is 0 Å². The normalized spacial score (nSPS) is 10.9. The van der Waals surface area contributed by atoms with E-state index in [1.165, 1.54) is 19.3 Å². The van der Waals surface area contributed by atoms with E-state index in [9.17, 15) is 5.21 Å². The van der Waals surface area contributed by atoms with Crippen molar-refractivity contribution in [3.8, 4) is 0 Å². The number of hydrogen-bond acceptors (Lipinski definition) is 2. The van der Waals surface area contributed by atoms with Gasteiger partial charge in [0.05, 0.1) is 10.9 Å². The van der Waals surface area contributed by atoms with Gasteiger partial charge in [-0.1, -0.05) is 26.2 Å². The minimum Gasteiger partial charge on any atom is -0.618 e. The first-order chi connectivity index (χ1) is 8.31. The highest BCUT2D eigenvalue weighted by molar-refractivity contribution is 5.76. The van der Waals surface area contributed by atoms with Gasteiger partial charge in [0.2, 0.25) is 0 Å². The zero-order valence-corrected chi connectivity index (χ0v) is 10.2. The van der Waals surface area contributed by atoms with Gasteiger partial charge >= 0.3 is 0 Å². The lowest BCUT2D eigenvalue weighted by molar-refractivity contribution is -0.612. The summed E-state index contributed by atoms with van der Waals surface area (Å²) in [6.45, 7) is 2.19. The Hall–Kier alpha value is -1.64. The molecule has 17 heavy (non-hydrogen) atoms. The van der Waals surface area contributed by atoms with E-state index in [1.54, 1.807) is 12.4 Å². The van der Waals surface area contributed by atoms with Crippen LogP contribution in [-0.2, 0) is 6.42 Å². The molecule has 0 bridgehead atoms. The van der Waals surface area contributed by atoms with Crippen LogP contribution in [0.4, 0.5) is 0 Å². The molecule has 2 aromatic heterocycles. The Labute approximate surface area is 102 Å². The summed E-state index contributed by atoms with van der Waals surface area (Å²) in [7, 11) is 0. The van der Waals surface area contributed by atoms with Gasteiger partial charge < -0.3 is 5.21 Å². The fraction of sp³-hybridized carbons (Fsp3) is 0.429. The van der Waals surface area contributed by atoms with Gasteiger partial charge in [0.15, 0.2) is 11.9 Å². The van der Waals surface area contributed by atoms with Crippen molar-refractivity contribution in [3.05, 3.63) is 41.5 Å². The van der Waals surface area contributed by atoms with Crippen molar-refractivity contribution in [3.63, 3.8) is 0 Å². The van der Waals surface area contributed by atoms with E-state index in [0.717, 1.165) is 34.2 Å². The first-order valence-corrected chi connectivity index (χ1v) is 6.28. The topological polar surface area (TPSA) is 39.8 Å². The smallest absolute Gasteiger partial charge is 0.194 e. The average Bonchev–Trinajstić information content (AvgIpc) is 2.35. The van der Waals surface area contributed by atoms with Crippen LogP contribution in [0.5, 0.6) is 0 Å². The maximum Gasteiger partial charge on any atom is 0.194 e. The second-order valence-electron chi connectivity index (χ2n) is 4.38. The van der Waals surface area contributed by atoms with Crippen molar-refractivity contribution in [2.45, 2.75) is 39.0 Å². The second-order valence-corrected chi connectivity index (χ2v) is 4.38. The second kappa shape index (κ2) is 5.62. The van der Waals surface area contributed by atoms with Crippen molar-refractivity contribution in [1.82, 2.24) is 4.98 Å². The molecule has 0 spiro atoms. The van der Waals surface area contributed by atoms with E-state index < -0.39 is 0 Å². The molecule has 3 heteroatoms. The maximum atomic E-state index is 11.8. The molecule has 0 aromatic carbocycles. The molecule has 0 amide bonds. The number of nitrogens with zero attached hydrogens (tertiary/aromatic N) is 2. The molecule has 0 saturated carbocycles. The maximum absolute atomic E-state index is 11.8. The molecule has 0 aliphatic carbocycles. The Kier molecular flexibility index (Phi) is 3.91. The van der Waals surface area contributed by atoms with Gasteiger partial charge in [0.25, 0.3) is 0 Å². The highest BCUT2D eigenvalue weighted by atomic mass is 16.5. The quantitative estimate of drug-likeness (QED) is 0.450. The summed E-state index contributed by atoms with van der Waals surface area (Å²) in [5, 5.41) is 12.7. The molecule has 2 heterocycles. The van der Waals surface area contributed by atoms with Crippen LogP contribution in [-0.4, -0.2) is 4.98 Å². The number of fused-ring (bicyclic) bond motifs is 1. The third kappa shape index (κ3) is 2.93. The van der Waals surface area contributed by atoms with Gasteiger partial charge in [-0.15, -0.1) is 0 Å². The van der Waals surface area contributed by atoms with Gasteiger partial charge in [-0.25, -0.2) is 0 Å². The molecule has 2 aromatic rings. The third-order valence-electron chi connectivity index (χ3n) is 3.00. The Morgan fingerprint density at radius 2 is 2.18 bits per heavy atom. The average molecular weight is 230 g/mol. The zero-order valence-electron chi connectivity index (χ0n) is 10.2. The number of hydrogen-bond donors (Lipinski definition) is 0. The molecule has 0 saturated heterocycles.